The molecular formula is C6H6NaO2S2. The largest absolute Gasteiger partial charge is 0.302 e. The van der Waals surface area contributed by atoms with Crippen molar-refractivity contribution in [2.24, 2.45) is 0 Å². The van der Waals surface area contributed by atoms with Crippen LogP contribution < -0.4 is 0 Å². The number of rotatable bonds is 1. The number of hydrogen-bond acceptors (Lipinski definition) is 2. The van der Waals surface area contributed by atoms with Crippen LogP contribution in [0, 0.1) is 0 Å². The monoisotopic (exact) mass is 197 g/mol. The summed E-state index contributed by atoms with van der Waals surface area (Å²) in [6, 6.07) is 8.20. The molecule has 0 fully saturated rings. The summed E-state index contributed by atoms with van der Waals surface area (Å²) >= 11 is 4.33. The first-order valence-corrected chi connectivity index (χ1v) is 5.07. The fourth-order valence-corrected chi connectivity index (χ4v) is 1.43. The summed E-state index contributed by atoms with van der Waals surface area (Å²) in [7, 11) is -3.17. The molecule has 1 rings (SSSR count). The second kappa shape index (κ2) is 4.54. The van der Waals surface area contributed by atoms with Gasteiger partial charge in [0.15, 0.2) is 8.77 Å². The average Bonchev–Trinajstić information content (AvgIpc) is 1.88. The van der Waals surface area contributed by atoms with Crippen molar-refractivity contribution in [1.29, 1.82) is 0 Å². The Morgan fingerprint density at radius 2 is 1.73 bits per heavy atom. The number of hydrogen-bond donors (Lipinski definition) is 1. The van der Waals surface area contributed by atoms with Gasteiger partial charge < -0.3 is 4.55 Å². The first-order chi connectivity index (χ1) is 4.61. The van der Waals surface area contributed by atoms with Gasteiger partial charge in [0.2, 0.25) is 0 Å². The molecule has 11 heavy (non-hydrogen) atoms. The van der Waals surface area contributed by atoms with Crippen molar-refractivity contribution in [3.8, 4) is 0 Å². The summed E-state index contributed by atoms with van der Waals surface area (Å²) in [5.41, 5.74) is 0. The Morgan fingerprint density at radius 3 is 2.00 bits per heavy atom. The van der Waals surface area contributed by atoms with Gasteiger partial charge in [0.25, 0.3) is 0 Å². The van der Waals surface area contributed by atoms with Gasteiger partial charge in [0.05, 0.1) is 4.90 Å². The first-order valence-electron chi connectivity index (χ1n) is 2.63. The van der Waals surface area contributed by atoms with Crippen molar-refractivity contribution < 1.29 is 8.76 Å². The molecule has 0 aliphatic rings. The summed E-state index contributed by atoms with van der Waals surface area (Å²) in [6.07, 6.45) is 0. The normalized spacial score (nSPS) is 14.6. The van der Waals surface area contributed by atoms with E-state index in [1.807, 2.05) is 0 Å². The zero-order valence-corrected chi connectivity index (χ0v) is 9.69. The predicted octanol–water partition coefficient (Wildman–Crippen LogP) is 0.884. The third kappa shape index (κ3) is 3.64. The molecule has 0 bridgehead atoms. The fraction of sp³-hybridized carbons (Fsp3) is 0. The maximum Gasteiger partial charge on any atom is 0.171 e. The fourth-order valence-electron chi connectivity index (χ4n) is 0.592. The Labute approximate surface area is 92.8 Å². The van der Waals surface area contributed by atoms with E-state index in [9.17, 15) is 4.21 Å². The minimum atomic E-state index is -3.17. The van der Waals surface area contributed by atoms with E-state index in [4.69, 9.17) is 4.55 Å². The molecule has 0 aliphatic carbocycles. The molecule has 0 saturated carbocycles. The molecule has 1 atom stereocenters. The van der Waals surface area contributed by atoms with E-state index in [-0.39, 0.29) is 29.6 Å². The Hall–Kier alpha value is 0.550. The zero-order valence-electron chi connectivity index (χ0n) is 6.06. The molecule has 0 aliphatic heterocycles. The van der Waals surface area contributed by atoms with Gasteiger partial charge in [0.1, 0.15) is 0 Å². The van der Waals surface area contributed by atoms with Gasteiger partial charge in [0, 0.05) is 40.7 Å². The van der Waals surface area contributed by atoms with Crippen LogP contribution in [0.3, 0.4) is 0 Å². The molecule has 1 radical (unpaired) electrons. The van der Waals surface area contributed by atoms with Crippen LogP contribution in [-0.4, -0.2) is 38.3 Å². The second-order valence-electron chi connectivity index (χ2n) is 1.79. The summed E-state index contributed by atoms with van der Waals surface area (Å²) in [5, 5.41) is 0. The van der Waals surface area contributed by atoms with E-state index >= 15 is 0 Å². The standard InChI is InChI=1S/C6H6O2S2.Na/c7-10(8,9)6-4-2-1-3-5-6;/h1-5H,(H,7,8,9);. The van der Waals surface area contributed by atoms with E-state index in [2.05, 4.69) is 11.2 Å². The summed E-state index contributed by atoms with van der Waals surface area (Å²) in [5.74, 6) is 0. The molecule has 0 amide bonds. The molecule has 2 nitrogen and oxygen atoms in total. The minimum absolute atomic E-state index is 0. The molecular weight excluding hydrogens is 191 g/mol. The molecule has 0 aromatic heterocycles. The van der Waals surface area contributed by atoms with Crippen molar-refractivity contribution >= 4 is 49.5 Å². The SMILES string of the molecule is O=S(O)(=S)c1ccccc1.[Na]. The predicted molar refractivity (Wildman–Crippen MR) is 48.6 cm³/mol. The number of benzene rings is 1. The Morgan fingerprint density at radius 1 is 1.27 bits per heavy atom. The van der Waals surface area contributed by atoms with Crippen LogP contribution in [0.25, 0.3) is 0 Å². The van der Waals surface area contributed by atoms with Crippen LogP contribution in [0.2, 0.25) is 0 Å². The van der Waals surface area contributed by atoms with Crippen molar-refractivity contribution in [1.82, 2.24) is 0 Å². The smallest absolute Gasteiger partial charge is 0.171 e. The van der Waals surface area contributed by atoms with E-state index < -0.39 is 8.77 Å². The topological polar surface area (TPSA) is 37.3 Å². The van der Waals surface area contributed by atoms with E-state index in [0.717, 1.165) is 0 Å². The third-order valence-corrected chi connectivity index (χ3v) is 2.49. The van der Waals surface area contributed by atoms with Crippen molar-refractivity contribution in [2.75, 3.05) is 0 Å². The van der Waals surface area contributed by atoms with Gasteiger partial charge in [-0.15, -0.1) is 0 Å². The van der Waals surface area contributed by atoms with Crippen LogP contribution in [0.15, 0.2) is 35.2 Å². The molecule has 1 N–H and O–H groups in total. The van der Waals surface area contributed by atoms with E-state index in [1.165, 1.54) is 12.1 Å². The summed E-state index contributed by atoms with van der Waals surface area (Å²) in [6.45, 7) is 0. The maximum absolute atomic E-state index is 10.8. The summed E-state index contributed by atoms with van der Waals surface area (Å²) < 4.78 is 19.6. The van der Waals surface area contributed by atoms with Crippen LogP contribution in [0.1, 0.15) is 0 Å². The molecule has 1 aromatic rings. The zero-order chi connectivity index (χ0) is 7.61. The molecule has 5 heteroatoms. The Balaban J connectivity index is 0.000001000. The van der Waals surface area contributed by atoms with Crippen molar-refractivity contribution in [2.45, 2.75) is 4.90 Å². The maximum atomic E-state index is 10.8. The van der Waals surface area contributed by atoms with Gasteiger partial charge in [-0.05, 0) is 12.1 Å². The first kappa shape index (κ1) is 11.6. The van der Waals surface area contributed by atoms with Gasteiger partial charge in [-0.25, -0.2) is 4.21 Å². The van der Waals surface area contributed by atoms with Gasteiger partial charge in [-0.2, -0.15) is 0 Å². The van der Waals surface area contributed by atoms with Crippen molar-refractivity contribution in [3.05, 3.63) is 30.3 Å². The Bertz CT molecular complexity index is 307. The van der Waals surface area contributed by atoms with Gasteiger partial charge in [-0.1, -0.05) is 18.2 Å². The average molecular weight is 197 g/mol. The molecule has 1 unspecified atom stereocenters. The van der Waals surface area contributed by atoms with Crippen molar-refractivity contribution in [3.63, 3.8) is 0 Å². The van der Waals surface area contributed by atoms with Crippen LogP contribution in [0.5, 0.6) is 0 Å². The molecule has 0 saturated heterocycles. The van der Waals surface area contributed by atoms with E-state index in [0.29, 0.717) is 4.90 Å². The van der Waals surface area contributed by atoms with E-state index in [1.54, 1.807) is 18.2 Å². The third-order valence-electron chi connectivity index (χ3n) is 1.04. The summed E-state index contributed by atoms with van der Waals surface area (Å²) in [4.78, 5) is 0.296. The molecule has 0 heterocycles. The van der Waals surface area contributed by atoms with Crippen LogP contribution in [0.4, 0.5) is 0 Å². The minimum Gasteiger partial charge on any atom is -0.302 e. The molecule has 1 aromatic carbocycles. The van der Waals surface area contributed by atoms with Crippen LogP contribution in [-0.2, 0) is 20.0 Å². The Kier molecular flexibility index (Phi) is 4.77. The molecule has 0 spiro atoms. The van der Waals surface area contributed by atoms with Gasteiger partial charge >= 0.3 is 0 Å². The van der Waals surface area contributed by atoms with Gasteiger partial charge in [-0.3, -0.25) is 0 Å². The second-order valence-corrected chi connectivity index (χ2v) is 4.57. The quantitative estimate of drug-likeness (QED) is 0.679. The molecule has 55 valence electrons. The van der Waals surface area contributed by atoms with Crippen LogP contribution >= 0.6 is 0 Å².